The number of aliphatic imine (C=N–C) groups is 1. The van der Waals surface area contributed by atoms with Crippen LogP contribution in [0.5, 0.6) is 17.4 Å². The van der Waals surface area contributed by atoms with Gasteiger partial charge >= 0.3 is 0 Å². The van der Waals surface area contributed by atoms with Crippen molar-refractivity contribution in [3.8, 4) is 17.4 Å². The van der Waals surface area contributed by atoms with Crippen LogP contribution in [0, 0.1) is 6.07 Å². The topological polar surface area (TPSA) is 54.7 Å². The third kappa shape index (κ3) is 3.66. The summed E-state index contributed by atoms with van der Waals surface area (Å²) in [5.74, 6) is 1.14. The summed E-state index contributed by atoms with van der Waals surface area (Å²) in [6.07, 6.45) is 1.05. The Balaban J connectivity index is 0.00000204. The van der Waals surface area contributed by atoms with E-state index in [0.29, 0.717) is 22.4 Å². The molecule has 1 aliphatic carbocycles. The van der Waals surface area contributed by atoms with Gasteiger partial charge in [0.15, 0.2) is 0 Å². The Morgan fingerprint density at radius 3 is 2.77 bits per heavy atom. The zero-order chi connectivity index (χ0) is 20.1. The van der Waals surface area contributed by atoms with Crippen LogP contribution in [0.4, 0.5) is 0 Å². The second kappa shape index (κ2) is 8.14. The Morgan fingerprint density at radius 2 is 1.84 bits per heavy atom. The number of benzene rings is 3. The van der Waals surface area contributed by atoms with Crippen molar-refractivity contribution in [2.24, 2.45) is 4.99 Å². The van der Waals surface area contributed by atoms with Gasteiger partial charge in [-0.2, -0.15) is 11.8 Å². The van der Waals surface area contributed by atoms with E-state index in [1.54, 1.807) is 18.2 Å². The summed E-state index contributed by atoms with van der Waals surface area (Å²) in [6, 6.07) is 27.0. The van der Waals surface area contributed by atoms with Gasteiger partial charge in [0, 0.05) is 48.6 Å². The van der Waals surface area contributed by atoms with Crippen molar-refractivity contribution < 1.29 is 30.9 Å². The van der Waals surface area contributed by atoms with Crippen molar-refractivity contribution in [2.75, 3.05) is 0 Å². The van der Waals surface area contributed by atoms with E-state index in [-0.39, 0.29) is 32.9 Å². The zero-order valence-electron chi connectivity index (χ0n) is 16.3. The van der Waals surface area contributed by atoms with Gasteiger partial charge in [-0.15, -0.1) is 23.8 Å². The summed E-state index contributed by atoms with van der Waals surface area (Å²) in [6.45, 7) is 0. The molecular formula is C25H17N2O2PtS-. The van der Waals surface area contributed by atoms with Gasteiger partial charge in [-0.1, -0.05) is 42.5 Å². The van der Waals surface area contributed by atoms with Gasteiger partial charge in [0.25, 0.3) is 0 Å². The molecule has 0 fully saturated rings. The molecule has 156 valence electrons. The molecule has 1 N–H and O–H groups in total. The summed E-state index contributed by atoms with van der Waals surface area (Å²) in [5, 5.41) is 12.4. The predicted octanol–water partition coefficient (Wildman–Crippen LogP) is 5.69. The number of fused-ring (bicyclic) bond motifs is 4. The van der Waals surface area contributed by atoms with E-state index in [4.69, 9.17) is 9.73 Å². The number of ether oxygens (including phenoxy) is 1. The number of thioether (sulfide) groups is 1. The monoisotopic (exact) mass is 604 g/mol. The first-order valence-corrected chi connectivity index (χ1v) is 10.7. The molecule has 2 heterocycles. The molecule has 2 atom stereocenters. The number of nitrogens with zero attached hydrogens (tertiary/aromatic N) is 2. The second-order valence-corrected chi connectivity index (χ2v) is 8.70. The van der Waals surface area contributed by atoms with Crippen molar-refractivity contribution in [1.82, 2.24) is 4.98 Å². The van der Waals surface area contributed by atoms with Crippen LogP contribution in [-0.2, 0) is 27.5 Å². The van der Waals surface area contributed by atoms with Crippen LogP contribution in [0.1, 0.15) is 22.7 Å². The van der Waals surface area contributed by atoms with Crippen molar-refractivity contribution in [3.05, 3.63) is 95.6 Å². The van der Waals surface area contributed by atoms with Crippen molar-refractivity contribution in [2.45, 2.75) is 17.7 Å². The molecule has 0 bridgehead atoms. The molecule has 4 aromatic rings. The van der Waals surface area contributed by atoms with Crippen LogP contribution < -0.4 is 4.74 Å². The van der Waals surface area contributed by atoms with Crippen molar-refractivity contribution in [3.63, 3.8) is 0 Å². The van der Waals surface area contributed by atoms with Gasteiger partial charge in [-0.05, 0) is 29.7 Å². The second-order valence-electron chi connectivity index (χ2n) is 7.47. The van der Waals surface area contributed by atoms with E-state index >= 15 is 0 Å². The maximum absolute atomic E-state index is 10.1. The average molecular weight is 605 g/mol. The third-order valence-corrected chi connectivity index (χ3v) is 6.83. The molecule has 31 heavy (non-hydrogen) atoms. The van der Waals surface area contributed by atoms with E-state index in [1.165, 1.54) is 11.1 Å². The molecule has 0 spiro atoms. The van der Waals surface area contributed by atoms with E-state index in [0.717, 1.165) is 22.4 Å². The Bertz CT molecular complexity index is 1320. The number of aromatic hydroxyl groups is 1. The zero-order valence-corrected chi connectivity index (χ0v) is 19.4. The summed E-state index contributed by atoms with van der Waals surface area (Å²) in [7, 11) is 0. The largest absolute Gasteiger partial charge is 0.506 e. The summed E-state index contributed by atoms with van der Waals surface area (Å²) in [4.78, 5) is 9.45. The molecule has 6 rings (SSSR count). The van der Waals surface area contributed by atoms with Gasteiger partial charge in [0.1, 0.15) is 11.3 Å². The SMILES string of the molecule is Oc1cccc2ccc(Oc3[c-]c(C4=N[C@H]5c6ccccc6C[C@@H]5S4)ccc3)nc12.[Pt]. The molecule has 6 heteroatoms. The molecule has 0 saturated carbocycles. The fourth-order valence-corrected chi connectivity index (χ4v) is 5.45. The Labute approximate surface area is 198 Å². The van der Waals surface area contributed by atoms with E-state index < -0.39 is 0 Å². The maximum atomic E-state index is 10.1. The predicted molar refractivity (Wildman–Crippen MR) is 120 cm³/mol. The molecule has 0 radical (unpaired) electrons. The first kappa shape index (κ1) is 20.3. The number of hydrogen-bond acceptors (Lipinski definition) is 5. The van der Waals surface area contributed by atoms with Gasteiger partial charge < -0.3 is 14.8 Å². The van der Waals surface area contributed by atoms with E-state index in [1.807, 2.05) is 42.1 Å². The summed E-state index contributed by atoms with van der Waals surface area (Å²) >= 11 is 1.82. The maximum Gasteiger partial charge on any atom is 0.217 e. The third-order valence-electron chi connectivity index (χ3n) is 5.55. The fraction of sp³-hybridized carbons (Fsp3) is 0.120. The van der Waals surface area contributed by atoms with Crippen LogP contribution in [-0.4, -0.2) is 20.4 Å². The number of hydrogen-bond donors (Lipinski definition) is 1. The average Bonchev–Trinajstić information content (AvgIpc) is 3.33. The molecule has 4 nitrogen and oxygen atoms in total. The van der Waals surface area contributed by atoms with Crippen LogP contribution >= 0.6 is 11.8 Å². The summed E-state index contributed by atoms with van der Waals surface area (Å²) in [5.41, 5.74) is 4.22. The number of pyridine rings is 1. The molecule has 3 aromatic carbocycles. The number of para-hydroxylation sites is 1. The number of phenols is 1. The smallest absolute Gasteiger partial charge is 0.217 e. The first-order valence-electron chi connectivity index (χ1n) is 9.86. The minimum Gasteiger partial charge on any atom is -0.506 e. The van der Waals surface area contributed by atoms with E-state index in [2.05, 4.69) is 35.3 Å². The minimum absolute atomic E-state index is 0. The summed E-state index contributed by atoms with van der Waals surface area (Å²) < 4.78 is 5.95. The molecule has 1 aliphatic heterocycles. The Hall–Kier alpha value is -2.62. The minimum atomic E-state index is 0. The number of aromatic nitrogens is 1. The normalized spacial score (nSPS) is 18.8. The van der Waals surface area contributed by atoms with Crippen LogP contribution in [0.3, 0.4) is 0 Å². The van der Waals surface area contributed by atoms with Gasteiger partial charge in [-0.25, -0.2) is 4.98 Å². The van der Waals surface area contributed by atoms with E-state index in [9.17, 15) is 5.11 Å². The number of phenolic OH excluding ortho intramolecular Hbond substituents is 1. The standard InChI is InChI=1S/C25H17N2O2S.Pt/c28-20-10-4-6-15-11-12-22(26-23(15)20)29-18-8-3-7-17(13-18)25-27-24-19-9-2-1-5-16(19)14-21(24)30-25;/h1-12,21,24,28H,14H2;/q-1;/t21-,24-;/m0./s1. The molecule has 0 unspecified atom stereocenters. The van der Waals surface area contributed by atoms with Gasteiger partial charge in [0.05, 0.1) is 6.04 Å². The number of rotatable bonds is 3. The van der Waals surface area contributed by atoms with Gasteiger partial charge in [-0.3, -0.25) is 0 Å². The Morgan fingerprint density at radius 1 is 0.968 bits per heavy atom. The fourth-order valence-electron chi connectivity index (χ4n) is 4.14. The molecule has 2 aliphatic rings. The first-order chi connectivity index (χ1) is 14.7. The molecular weight excluding hydrogens is 587 g/mol. The quantitative estimate of drug-likeness (QED) is 0.306. The molecule has 0 amide bonds. The molecule has 1 aromatic heterocycles. The van der Waals surface area contributed by atoms with Crippen molar-refractivity contribution in [1.29, 1.82) is 0 Å². The van der Waals surface area contributed by atoms with Crippen molar-refractivity contribution >= 4 is 27.7 Å². The van der Waals surface area contributed by atoms with Crippen LogP contribution in [0.25, 0.3) is 10.9 Å². The molecule has 0 saturated heterocycles. The van der Waals surface area contributed by atoms with Crippen LogP contribution in [0.2, 0.25) is 0 Å². The van der Waals surface area contributed by atoms with Gasteiger partial charge in [0.2, 0.25) is 5.88 Å². The van der Waals surface area contributed by atoms with Crippen LogP contribution in [0.15, 0.2) is 77.8 Å². The Kier molecular flexibility index (Phi) is 5.33.